The highest BCUT2D eigenvalue weighted by Gasteiger charge is 2.27. The highest BCUT2D eigenvalue weighted by Crippen LogP contribution is 2.30. The van der Waals surface area contributed by atoms with Crippen LogP contribution in [0.5, 0.6) is 0 Å². The SMILES string of the molecule is CC(C)c1cc(C(=O)N2CCC[C@@H](c3nccs3)C2)cs1. The summed E-state index contributed by atoms with van der Waals surface area (Å²) in [5, 5.41) is 5.19. The molecule has 0 aliphatic carbocycles. The van der Waals surface area contributed by atoms with Crippen LogP contribution >= 0.6 is 22.7 Å². The van der Waals surface area contributed by atoms with Crippen LogP contribution in [0.1, 0.15) is 58.8 Å². The molecule has 3 rings (SSSR count). The summed E-state index contributed by atoms with van der Waals surface area (Å²) in [6.07, 6.45) is 4.06. The molecule has 1 saturated heterocycles. The number of hydrogen-bond acceptors (Lipinski definition) is 4. The van der Waals surface area contributed by atoms with Gasteiger partial charge >= 0.3 is 0 Å². The van der Waals surface area contributed by atoms with E-state index in [-0.39, 0.29) is 5.91 Å². The molecule has 1 aliphatic rings. The number of hydrogen-bond donors (Lipinski definition) is 0. The molecule has 0 radical (unpaired) electrons. The van der Waals surface area contributed by atoms with Gasteiger partial charge in [0.2, 0.25) is 0 Å². The number of thiophene rings is 1. The molecular formula is C16H20N2OS2. The van der Waals surface area contributed by atoms with Crippen LogP contribution in [-0.2, 0) is 0 Å². The van der Waals surface area contributed by atoms with E-state index in [1.807, 2.05) is 21.9 Å². The highest BCUT2D eigenvalue weighted by atomic mass is 32.1. The van der Waals surface area contributed by atoms with Crippen LogP contribution in [0.15, 0.2) is 23.0 Å². The second-order valence-electron chi connectivity index (χ2n) is 5.85. The Kier molecular flexibility index (Phi) is 4.40. The number of amides is 1. The molecule has 0 unspecified atom stereocenters. The Morgan fingerprint density at radius 1 is 1.43 bits per heavy atom. The molecule has 0 saturated carbocycles. The summed E-state index contributed by atoms with van der Waals surface area (Å²) in [5.41, 5.74) is 0.850. The predicted octanol–water partition coefficient (Wildman–Crippen LogP) is 4.35. The first-order valence-corrected chi connectivity index (χ1v) is 9.18. The van der Waals surface area contributed by atoms with Crippen LogP contribution in [0.2, 0.25) is 0 Å². The van der Waals surface area contributed by atoms with Crippen LogP contribution in [-0.4, -0.2) is 28.9 Å². The van der Waals surface area contributed by atoms with Crippen LogP contribution in [0.25, 0.3) is 0 Å². The number of aromatic nitrogens is 1. The average Bonchev–Trinajstić information content (AvgIpc) is 3.18. The number of carbonyl (C=O) groups is 1. The van der Waals surface area contributed by atoms with Crippen molar-refractivity contribution in [2.45, 2.75) is 38.5 Å². The number of likely N-dealkylation sites (tertiary alicyclic amines) is 1. The largest absolute Gasteiger partial charge is 0.338 e. The van der Waals surface area contributed by atoms with Gasteiger partial charge in [0.05, 0.1) is 10.6 Å². The first-order chi connectivity index (χ1) is 10.1. The lowest BCUT2D eigenvalue weighted by Gasteiger charge is -2.31. The molecular weight excluding hydrogens is 300 g/mol. The average molecular weight is 320 g/mol. The Morgan fingerprint density at radius 3 is 2.95 bits per heavy atom. The molecule has 0 N–H and O–H groups in total. The lowest BCUT2D eigenvalue weighted by molar-refractivity contribution is 0.0707. The van der Waals surface area contributed by atoms with Crippen LogP contribution < -0.4 is 0 Å². The zero-order chi connectivity index (χ0) is 14.8. The Bertz CT molecular complexity index is 604. The second kappa shape index (κ2) is 6.28. The van der Waals surface area contributed by atoms with Gasteiger partial charge in [0, 0.05) is 40.8 Å². The molecule has 2 aromatic heterocycles. The van der Waals surface area contributed by atoms with Crippen molar-refractivity contribution in [3.8, 4) is 0 Å². The van der Waals surface area contributed by atoms with Gasteiger partial charge in [0.25, 0.3) is 5.91 Å². The minimum atomic E-state index is 0.180. The zero-order valence-corrected chi connectivity index (χ0v) is 14.0. The molecule has 3 nitrogen and oxygen atoms in total. The molecule has 3 heterocycles. The Balaban J connectivity index is 1.71. The molecule has 2 aromatic rings. The maximum absolute atomic E-state index is 12.7. The van der Waals surface area contributed by atoms with Crippen molar-refractivity contribution in [3.05, 3.63) is 38.5 Å². The third kappa shape index (κ3) is 3.19. The normalized spacial score (nSPS) is 19.2. The van der Waals surface area contributed by atoms with E-state index in [1.165, 1.54) is 9.88 Å². The summed E-state index contributed by atoms with van der Waals surface area (Å²) in [7, 11) is 0. The van der Waals surface area contributed by atoms with Crippen LogP contribution in [0.4, 0.5) is 0 Å². The molecule has 0 bridgehead atoms. The highest BCUT2D eigenvalue weighted by molar-refractivity contribution is 7.10. The molecule has 21 heavy (non-hydrogen) atoms. The van der Waals surface area contributed by atoms with Crippen molar-refractivity contribution in [1.29, 1.82) is 0 Å². The van der Waals surface area contributed by atoms with Crippen molar-refractivity contribution in [2.75, 3.05) is 13.1 Å². The minimum absolute atomic E-state index is 0.180. The van der Waals surface area contributed by atoms with Gasteiger partial charge in [-0.2, -0.15) is 0 Å². The zero-order valence-electron chi connectivity index (χ0n) is 12.4. The van der Waals surface area contributed by atoms with E-state index in [4.69, 9.17) is 0 Å². The van der Waals surface area contributed by atoms with Crippen molar-refractivity contribution >= 4 is 28.6 Å². The van der Waals surface area contributed by atoms with Gasteiger partial charge in [-0.15, -0.1) is 22.7 Å². The number of thiazole rings is 1. The van der Waals surface area contributed by atoms with Crippen molar-refractivity contribution in [1.82, 2.24) is 9.88 Å². The van der Waals surface area contributed by atoms with Crippen molar-refractivity contribution < 1.29 is 4.79 Å². The van der Waals surface area contributed by atoms with Gasteiger partial charge in [-0.3, -0.25) is 4.79 Å². The molecule has 1 aliphatic heterocycles. The first-order valence-electron chi connectivity index (χ1n) is 7.42. The van der Waals surface area contributed by atoms with E-state index >= 15 is 0 Å². The number of piperidine rings is 1. The number of carbonyl (C=O) groups excluding carboxylic acids is 1. The fourth-order valence-electron chi connectivity index (χ4n) is 2.75. The van der Waals surface area contributed by atoms with Crippen LogP contribution in [0.3, 0.4) is 0 Å². The molecule has 1 fully saturated rings. The Morgan fingerprint density at radius 2 is 2.29 bits per heavy atom. The maximum atomic E-state index is 12.7. The molecule has 5 heteroatoms. The quantitative estimate of drug-likeness (QED) is 0.842. The van der Waals surface area contributed by atoms with Gasteiger partial charge in [-0.05, 0) is 24.8 Å². The summed E-state index contributed by atoms with van der Waals surface area (Å²) in [6, 6.07) is 2.06. The monoisotopic (exact) mass is 320 g/mol. The van der Waals surface area contributed by atoms with E-state index in [1.54, 1.807) is 22.7 Å². The van der Waals surface area contributed by atoms with E-state index < -0.39 is 0 Å². The van der Waals surface area contributed by atoms with Crippen LogP contribution in [0, 0.1) is 0 Å². The van der Waals surface area contributed by atoms with Crippen molar-refractivity contribution in [3.63, 3.8) is 0 Å². The fourth-order valence-corrected chi connectivity index (χ4v) is 4.42. The third-order valence-corrected chi connectivity index (χ3v) is 6.12. The fraction of sp³-hybridized carbons (Fsp3) is 0.500. The second-order valence-corrected chi connectivity index (χ2v) is 7.72. The van der Waals surface area contributed by atoms with Gasteiger partial charge < -0.3 is 4.90 Å². The number of rotatable bonds is 3. The van der Waals surface area contributed by atoms with E-state index in [0.717, 1.165) is 31.5 Å². The third-order valence-electron chi connectivity index (χ3n) is 3.94. The first kappa shape index (κ1) is 14.7. The summed E-state index contributed by atoms with van der Waals surface area (Å²) in [6.45, 7) is 6.01. The molecule has 1 atom stereocenters. The summed E-state index contributed by atoms with van der Waals surface area (Å²) >= 11 is 3.39. The van der Waals surface area contributed by atoms with Crippen molar-refractivity contribution in [2.24, 2.45) is 0 Å². The molecule has 0 spiro atoms. The summed E-state index contributed by atoms with van der Waals surface area (Å²) in [4.78, 5) is 20.4. The van der Waals surface area contributed by atoms with E-state index in [9.17, 15) is 4.79 Å². The van der Waals surface area contributed by atoms with E-state index in [2.05, 4.69) is 24.9 Å². The lowest BCUT2D eigenvalue weighted by atomic mass is 9.98. The van der Waals surface area contributed by atoms with Gasteiger partial charge in [0.15, 0.2) is 0 Å². The standard InChI is InChI=1S/C16H20N2OS2/c1-11(2)14-8-13(10-21-14)16(19)18-6-3-4-12(9-18)15-17-5-7-20-15/h5,7-8,10-12H,3-4,6,9H2,1-2H3/t12-/m1/s1. The summed E-state index contributed by atoms with van der Waals surface area (Å²) in [5.74, 6) is 1.08. The summed E-state index contributed by atoms with van der Waals surface area (Å²) < 4.78 is 0. The van der Waals surface area contributed by atoms with Gasteiger partial charge in [0.1, 0.15) is 0 Å². The maximum Gasteiger partial charge on any atom is 0.254 e. The predicted molar refractivity (Wildman–Crippen MR) is 88.4 cm³/mol. The topological polar surface area (TPSA) is 33.2 Å². The smallest absolute Gasteiger partial charge is 0.254 e. The Labute approximate surface area is 133 Å². The van der Waals surface area contributed by atoms with Gasteiger partial charge in [-0.25, -0.2) is 4.98 Å². The Hall–Kier alpha value is -1.20. The lowest BCUT2D eigenvalue weighted by Crippen LogP contribution is -2.38. The molecule has 0 aromatic carbocycles. The number of nitrogens with zero attached hydrogens (tertiary/aromatic N) is 2. The molecule has 112 valence electrons. The molecule has 1 amide bonds. The minimum Gasteiger partial charge on any atom is -0.338 e. The van der Waals surface area contributed by atoms with E-state index in [0.29, 0.717) is 11.8 Å². The van der Waals surface area contributed by atoms with Gasteiger partial charge in [-0.1, -0.05) is 13.8 Å².